The first kappa shape index (κ1) is 36.3. The lowest BCUT2D eigenvalue weighted by Crippen LogP contribution is -2.50. The fraction of sp³-hybridized carbons (Fsp3) is 0.553. The normalized spacial score (nSPS) is 22.9. The minimum atomic E-state index is -1.05. The van der Waals surface area contributed by atoms with Crippen molar-refractivity contribution >= 4 is 40.0 Å². The van der Waals surface area contributed by atoms with Crippen molar-refractivity contribution < 1.29 is 28.6 Å². The number of methoxy groups -OCH3 is 1. The van der Waals surface area contributed by atoms with Gasteiger partial charge < -0.3 is 24.4 Å². The van der Waals surface area contributed by atoms with Gasteiger partial charge in [0.15, 0.2) is 0 Å². The standard InChI is InChI=1S/C38H50N4O6S/c1-9-11-12-13-16-42(7)36(44)28-18-25(17-27(28)34(43)41-38(20-23(38)5)37(45)47-10-2)48-32-19-29(35-40-30(21-49-35)22(3)4)39-33-24(6)31(46-8)15-14-26(32)33/h9,14-15,19,21-23,25,27-28H,1,10-13,16-18,20H2,2-8H3,(H,41,43)/t23-,25-,27-,28-,38-/m1/s1. The number of nitrogens with zero attached hydrogens (tertiary/aromatic N) is 3. The molecular formula is C38H50N4O6S. The summed E-state index contributed by atoms with van der Waals surface area (Å²) in [4.78, 5) is 52.5. The third-order valence-corrected chi connectivity index (χ3v) is 10.9. The number of hydrogen-bond donors (Lipinski definition) is 1. The van der Waals surface area contributed by atoms with Crippen molar-refractivity contribution in [3.63, 3.8) is 0 Å². The molecule has 0 radical (unpaired) electrons. The molecule has 1 N–H and O–H groups in total. The van der Waals surface area contributed by atoms with Crippen molar-refractivity contribution in [3.05, 3.63) is 47.5 Å². The largest absolute Gasteiger partial charge is 0.496 e. The van der Waals surface area contributed by atoms with Gasteiger partial charge in [0.2, 0.25) is 11.8 Å². The summed E-state index contributed by atoms with van der Waals surface area (Å²) >= 11 is 1.54. The summed E-state index contributed by atoms with van der Waals surface area (Å²) in [5, 5.41) is 6.67. The topological polar surface area (TPSA) is 120 Å². The summed E-state index contributed by atoms with van der Waals surface area (Å²) in [5.41, 5.74) is 2.26. The van der Waals surface area contributed by atoms with E-state index in [2.05, 4.69) is 31.1 Å². The highest BCUT2D eigenvalue weighted by atomic mass is 32.1. The van der Waals surface area contributed by atoms with Gasteiger partial charge in [-0.3, -0.25) is 9.59 Å². The Morgan fingerprint density at radius 3 is 2.53 bits per heavy atom. The van der Waals surface area contributed by atoms with E-state index in [1.54, 1.807) is 26.0 Å². The van der Waals surface area contributed by atoms with E-state index in [-0.39, 0.29) is 30.3 Å². The second kappa shape index (κ2) is 15.3. The van der Waals surface area contributed by atoms with Gasteiger partial charge in [0.25, 0.3) is 0 Å². The molecule has 2 amide bonds. The number of esters is 1. The molecular weight excluding hydrogens is 641 g/mol. The number of benzene rings is 1. The van der Waals surface area contributed by atoms with E-state index in [0.717, 1.165) is 46.4 Å². The van der Waals surface area contributed by atoms with Gasteiger partial charge in [0, 0.05) is 36.0 Å². The maximum absolute atomic E-state index is 14.0. The van der Waals surface area contributed by atoms with Crippen LogP contribution in [0.1, 0.15) is 83.4 Å². The van der Waals surface area contributed by atoms with E-state index in [1.165, 1.54) is 11.3 Å². The Morgan fingerprint density at radius 2 is 1.90 bits per heavy atom. The molecule has 3 aromatic rings. The van der Waals surface area contributed by atoms with Crippen molar-refractivity contribution in [3.8, 4) is 22.2 Å². The molecule has 0 saturated heterocycles. The first-order valence-corrected chi connectivity index (χ1v) is 18.3. The highest BCUT2D eigenvalue weighted by Gasteiger charge is 2.61. The summed E-state index contributed by atoms with van der Waals surface area (Å²) in [6.45, 7) is 14.5. The van der Waals surface area contributed by atoms with Gasteiger partial charge >= 0.3 is 5.97 Å². The molecule has 2 fully saturated rings. The van der Waals surface area contributed by atoms with Gasteiger partial charge in [-0.05, 0) is 76.3 Å². The Morgan fingerprint density at radius 1 is 1.16 bits per heavy atom. The summed E-state index contributed by atoms with van der Waals surface area (Å²) in [5.74, 6) is -0.548. The maximum atomic E-state index is 14.0. The van der Waals surface area contributed by atoms with E-state index in [9.17, 15) is 14.4 Å². The second-order valence-corrected chi connectivity index (χ2v) is 14.6. The highest BCUT2D eigenvalue weighted by Crippen LogP contribution is 2.46. The molecule has 10 nitrogen and oxygen atoms in total. The molecule has 5 rings (SSSR count). The number of fused-ring (bicyclic) bond motifs is 1. The second-order valence-electron chi connectivity index (χ2n) is 13.8. The van der Waals surface area contributed by atoms with Crippen molar-refractivity contribution in [1.29, 1.82) is 0 Å². The molecule has 2 aliphatic rings. The number of unbranched alkanes of at least 4 members (excludes halogenated alkanes) is 2. The van der Waals surface area contributed by atoms with Crippen LogP contribution in [0.15, 0.2) is 36.2 Å². The van der Waals surface area contributed by atoms with Gasteiger partial charge in [0.05, 0.1) is 36.8 Å². The van der Waals surface area contributed by atoms with Crippen LogP contribution in [0, 0.1) is 24.7 Å². The summed E-state index contributed by atoms with van der Waals surface area (Å²) < 4.78 is 17.7. The molecule has 2 aliphatic carbocycles. The Balaban J connectivity index is 1.47. The fourth-order valence-corrected chi connectivity index (χ4v) is 7.78. The van der Waals surface area contributed by atoms with Gasteiger partial charge in [-0.1, -0.05) is 26.8 Å². The molecule has 2 saturated carbocycles. The number of allylic oxidation sites excluding steroid dienone is 1. The first-order valence-electron chi connectivity index (χ1n) is 17.4. The average Bonchev–Trinajstić information content (AvgIpc) is 3.41. The first-order chi connectivity index (χ1) is 23.4. The lowest BCUT2D eigenvalue weighted by molar-refractivity contribution is -0.150. The number of carbonyl (C=O) groups is 3. The highest BCUT2D eigenvalue weighted by molar-refractivity contribution is 7.13. The van der Waals surface area contributed by atoms with Crippen LogP contribution in [0.25, 0.3) is 21.6 Å². The number of nitrogens with one attached hydrogen (secondary N) is 1. The molecule has 0 spiro atoms. The lowest BCUT2D eigenvalue weighted by atomic mass is 9.93. The third kappa shape index (κ3) is 7.61. The zero-order valence-corrected chi connectivity index (χ0v) is 30.7. The quantitative estimate of drug-likeness (QED) is 0.105. The predicted octanol–water partition coefficient (Wildman–Crippen LogP) is 6.84. The number of aromatic nitrogens is 2. The molecule has 264 valence electrons. The van der Waals surface area contributed by atoms with Crippen LogP contribution >= 0.6 is 11.3 Å². The van der Waals surface area contributed by atoms with Gasteiger partial charge in [-0.25, -0.2) is 14.8 Å². The van der Waals surface area contributed by atoms with E-state index in [1.807, 2.05) is 38.1 Å². The van der Waals surface area contributed by atoms with Crippen LogP contribution in [0.3, 0.4) is 0 Å². The molecule has 5 atom stereocenters. The molecule has 2 aromatic heterocycles. The monoisotopic (exact) mass is 690 g/mol. The number of ether oxygens (including phenoxy) is 3. The Hall–Kier alpha value is -3.99. The predicted molar refractivity (Wildman–Crippen MR) is 192 cm³/mol. The zero-order chi connectivity index (χ0) is 35.5. The number of pyridine rings is 1. The molecule has 0 bridgehead atoms. The number of carbonyl (C=O) groups excluding carboxylic acids is 3. The van der Waals surface area contributed by atoms with Gasteiger partial charge in [0.1, 0.15) is 33.8 Å². The van der Waals surface area contributed by atoms with Crippen LogP contribution < -0.4 is 14.8 Å². The van der Waals surface area contributed by atoms with Crippen LogP contribution in [-0.4, -0.2) is 71.6 Å². The fourth-order valence-electron chi connectivity index (χ4n) is 6.84. The number of amides is 2. The molecule has 49 heavy (non-hydrogen) atoms. The van der Waals surface area contributed by atoms with Crippen molar-refractivity contribution in [2.24, 2.45) is 17.8 Å². The number of thiazole rings is 1. The summed E-state index contributed by atoms with van der Waals surface area (Å²) in [6.07, 6.45) is 5.29. The Labute approximate surface area is 293 Å². The van der Waals surface area contributed by atoms with Crippen molar-refractivity contribution in [2.45, 2.75) is 90.7 Å². The van der Waals surface area contributed by atoms with E-state index in [4.69, 9.17) is 24.2 Å². The lowest BCUT2D eigenvalue weighted by Gasteiger charge is -2.26. The molecule has 11 heteroatoms. The van der Waals surface area contributed by atoms with Crippen LogP contribution in [0.4, 0.5) is 0 Å². The Bertz CT molecular complexity index is 1700. The molecule has 2 heterocycles. The van der Waals surface area contributed by atoms with Gasteiger partial charge in [-0.2, -0.15) is 0 Å². The van der Waals surface area contributed by atoms with E-state index < -0.39 is 29.4 Å². The third-order valence-electron chi connectivity index (χ3n) is 9.99. The number of rotatable bonds is 15. The molecule has 1 aromatic carbocycles. The molecule has 0 aliphatic heterocycles. The number of hydrogen-bond acceptors (Lipinski definition) is 9. The van der Waals surface area contributed by atoms with E-state index >= 15 is 0 Å². The van der Waals surface area contributed by atoms with Crippen LogP contribution in [0.2, 0.25) is 0 Å². The van der Waals surface area contributed by atoms with E-state index in [0.29, 0.717) is 43.0 Å². The summed E-state index contributed by atoms with van der Waals surface area (Å²) in [6, 6.07) is 5.75. The van der Waals surface area contributed by atoms with Crippen LogP contribution in [0.5, 0.6) is 11.5 Å². The van der Waals surface area contributed by atoms with Crippen LogP contribution in [-0.2, 0) is 19.1 Å². The smallest absolute Gasteiger partial charge is 0.332 e. The molecule has 0 unspecified atom stereocenters. The maximum Gasteiger partial charge on any atom is 0.332 e. The SMILES string of the molecule is C=CCCCCN(C)C(=O)[C@@H]1C[C@H](Oc2cc(-c3nc(C(C)C)cs3)nc3c(C)c(OC)ccc23)C[C@H]1C(=O)N[C@]1(C(=O)OCC)C[C@H]1C. The number of aryl methyl sites for hydroxylation is 1. The van der Waals surface area contributed by atoms with Gasteiger partial charge in [-0.15, -0.1) is 17.9 Å². The van der Waals surface area contributed by atoms with Crippen molar-refractivity contribution in [1.82, 2.24) is 20.2 Å². The van der Waals surface area contributed by atoms with Crippen molar-refractivity contribution in [2.75, 3.05) is 27.3 Å². The Kier molecular flexibility index (Phi) is 11.3. The minimum Gasteiger partial charge on any atom is -0.496 e. The minimum absolute atomic E-state index is 0.0467. The average molecular weight is 691 g/mol. The zero-order valence-electron chi connectivity index (χ0n) is 29.8. The summed E-state index contributed by atoms with van der Waals surface area (Å²) in [7, 11) is 3.43.